The molecular weight excluding hydrogens is 273 g/mol. The van der Waals surface area contributed by atoms with E-state index in [1.807, 2.05) is 6.92 Å². The summed E-state index contributed by atoms with van der Waals surface area (Å²) in [5.41, 5.74) is 2.54. The lowest BCUT2D eigenvalue weighted by molar-refractivity contribution is 0.0697. The Morgan fingerprint density at radius 3 is 2.71 bits per heavy atom. The molecule has 3 aromatic rings. The van der Waals surface area contributed by atoms with Crippen LogP contribution in [0.5, 0.6) is 0 Å². The van der Waals surface area contributed by atoms with Crippen LogP contribution in [0.3, 0.4) is 0 Å². The lowest BCUT2D eigenvalue weighted by atomic mass is 10.0. The third-order valence-electron chi connectivity index (χ3n) is 3.86. The number of carboxylic acid groups (broad SMARTS) is 1. The molecule has 21 heavy (non-hydrogen) atoms. The fraction of sp³-hybridized carbons (Fsp3) is 0.200. The maximum atomic E-state index is 14.1. The molecule has 2 aromatic heterocycles. The summed E-state index contributed by atoms with van der Waals surface area (Å²) in [7, 11) is 3.44. The van der Waals surface area contributed by atoms with E-state index in [2.05, 4.69) is 5.10 Å². The zero-order valence-electron chi connectivity index (χ0n) is 11.9. The Morgan fingerprint density at radius 1 is 1.33 bits per heavy atom. The Labute approximate surface area is 120 Å². The van der Waals surface area contributed by atoms with E-state index < -0.39 is 5.97 Å². The highest BCUT2D eigenvalue weighted by molar-refractivity contribution is 6.03. The van der Waals surface area contributed by atoms with Gasteiger partial charge in [-0.25, -0.2) is 9.18 Å². The Hall–Kier alpha value is -2.63. The van der Waals surface area contributed by atoms with Crippen molar-refractivity contribution in [3.8, 4) is 11.3 Å². The van der Waals surface area contributed by atoms with Gasteiger partial charge >= 0.3 is 5.97 Å². The first kappa shape index (κ1) is 13.4. The third-order valence-corrected chi connectivity index (χ3v) is 3.86. The van der Waals surface area contributed by atoms with Gasteiger partial charge in [-0.1, -0.05) is 12.1 Å². The predicted molar refractivity (Wildman–Crippen MR) is 76.8 cm³/mol. The molecular formula is C15H14FN3O2. The minimum atomic E-state index is -1.05. The minimum Gasteiger partial charge on any atom is -0.478 e. The summed E-state index contributed by atoms with van der Waals surface area (Å²) in [6, 6.07) is 4.81. The quantitative estimate of drug-likeness (QED) is 0.788. The van der Waals surface area contributed by atoms with Crippen LogP contribution in [-0.2, 0) is 14.1 Å². The number of nitrogens with zero attached hydrogens (tertiary/aromatic N) is 3. The zero-order chi connectivity index (χ0) is 15.3. The number of aromatic carboxylic acids is 1. The molecule has 0 radical (unpaired) electrons. The summed E-state index contributed by atoms with van der Waals surface area (Å²) >= 11 is 0. The van der Waals surface area contributed by atoms with Crippen LogP contribution in [0.1, 0.15) is 16.1 Å². The van der Waals surface area contributed by atoms with E-state index >= 15 is 0 Å². The number of halogens is 1. The first-order valence-electron chi connectivity index (χ1n) is 6.42. The van der Waals surface area contributed by atoms with Crippen molar-refractivity contribution in [2.75, 3.05) is 0 Å². The topological polar surface area (TPSA) is 60.0 Å². The van der Waals surface area contributed by atoms with Crippen molar-refractivity contribution in [2.45, 2.75) is 6.92 Å². The van der Waals surface area contributed by atoms with Gasteiger partial charge in [0.05, 0.1) is 17.4 Å². The predicted octanol–water partition coefficient (Wildman–Crippen LogP) is 2.72. The molecule has 108 valence electrons. The minimum absolute atomic E-state index is 0.109. The summed E-state index contributed by atoms with van der Waals surface area (Å²) < 4.78 is 17.3. The van der Waals surface area contributed by atoms with Gasteiger partial charge in [0.15, 0.2) is 0 Å². The average molecular weight is 287 g/mol. The van der Waals surface area contributed by atoms with Crippen LogP contribution in [0.2, 0.25) is 0 Å². The van der Waals surface area contributed by atoms with E-state index in [0.717, 1.165) is 5.69 Å². The molecule has 6 heteroatoms. The summed E-state index contributed by atoms with van der Waals surface area (Å²) in [4.78, 5) is 11.4. The maximum absolute atomic E-state index is 14.1. The lowest BCUT2D eigenvalue weighted by Gasteiger charge is -2.05. The Morgan fingerprint density at radius 2 is 2.05 bits per heavy atom. The SMILES string of the molecule is Cc1c(-c2c(C(=O)O)cnn2C)c2cccc(F)c2n1C. The second-order valence-corrected chi connectivity index (χ2v) is 4.99. The Kier molecular flexibility index (Phi) is 2.83. The number of carbonyl (C=O) groups is 1. The van der Waals surface area contributed by atoms with E-state index in [4.69, 9.17) is 0 Å². The van der Waals surface area contributed by atoms with Crippen LogP contribution in [0.25, 0.3) is 22.2 Å². The molecule has 0 saturated carbocycles. The smallest absolute Gasteiger partial charge is 0.339 e. The molecule has 0 bridgehead atoms. The molecule has 0 fully saturated rings. The molecule has 0 unspecified atom stereocenters. The van der Waals surface area contributed by atoms with E-state index in [1.165, 1.54) is 16.9 Å². The standard InChI is InChI=1S/C15H14FN3O2/c1-8-12(14-10(15(20)21)7-17-19(14)3)9-5-4-6-11(16)13(9)18(8)2/h4-7H,1-3H3,(H,20,21). The molecule has 5 nitrogen and oxygen atoms in total. The highest BCUT2D eigenvalue weighted by Gasteiger charge is 2.24. The maximum Gasteiger partial charge on any atom is 0.339 e. The largest absolute Gasteiger partial charge is 0.478 e. The van der Waals surface area contributed by atoms with Crippen molar-refractivity contribution in [1.82, 2.24) is 14.3 Å². The zero-order valence-corrected chi connectivity index (χ0v) is 11.9. The number of benzene rings is 1. The van der Waals surface area contributed by atoms with E-state index in [1.54, 1.807) is 30.8 Å². The van der Waals surface area contributed by atoms with Gasteiger partial charge in [-0.15, -0.1) is 0 Å². The molecule has 0 saturated heterocycles. The summed E-state index contributed by atoms with van der Waals surface area (Å²) in [6.07, 6.45) is 1.31. The average Bonchev–Trinajstić information content (AvgIpc) is 2.91. The van der Waals surface area contributed by atoms with Crippen molar-refractivity contribution in [3.05, 3.63) is 41.5 Å². The third kappa shape index (κ3) is 1.75. The van der Waals surface area contributed by atoms with Gasteiger partial charge in [-0.2, -0.15) is 5.10 Å². The molecule has 0 amide bonds. The molecule has 1 aromatic carbocycles. The van der Waals surface area contributed by atoms with Crippen LogP contribution in [-0.4, -0.2) is 25.4 Å². The van der Waals surface area contributed by atoms with Crippen LogP contribution in [0.4, 0.5) is 4.39 Å². The summed E-state index contributed by atoms with van der Waals surface area (Å²) in [5.74, 6) is -1.38. The normalized spacial score (nSPS) is 11.2. The molecule has 0 aliphatic carbocycles. The van der Waals surface area contributed by atoms with E-state index in [-0.39, 0.29) is 11.4 Å². The summed E-state index contributed by atoms with van der Waals surface area (Å²) in [5, 5.41) is 14.0. The number of aryl methyl sites for hydroxylation is 2. The fourth-order valence-corrected chi connectivity index (χ4v) is 2.78. The Bertz CT molecular complexity index is 877. The van der Waals surface area contributed by atoms with Gasteiger partial charge in [0.1, 0.15) is 11.4 Å². The second-order valence-electron chi connectivity index (χ2n) is 4.99. The highest BCUT2D eigenvalue weighted by atomic mass is 19.1. The van der Waals surface area contributed by atoms with Gasteiger partial charge in [0.2, 0.25) is 0 Å². The van der Waals surface area contributed by atoms with Crippen molar-refractivity contribution >= 4 is 16.9 Å². The molecule has 2 heterocycles. The van der Waals surface area contributed by atoms with Gasteiger partial charge in [-0.3, -0.25) is 4.68 Å². The molecule has 1 N–H and O–H groups in total. The monoisotopic (exact) mass is 287 g/mol. The van der Waals surface area contributed by atoms with Crippen LogP contribution in [0, 0.1) is 12.7 Å². The van der Waals surface area contributed by atoms with Crippen molar-refractivity contribution < 1.29 is 14.3 Å². The van der Waals surface area contributed by atoms with Crippen molar-refractivity contribution in [2.24, 2.45) is 14.1 Å². The van der Waals surface area contributed by atoms with Crippen LogP contribution >= 0.6 is 0 Å². The number of rotatable bonds is 2. The van der Waals surface area contributed by atoms with Crippen molar-refractivity contribution in [1.29, 1.82) is 0 Å². The van der Waals surface area contributed by atoms with Crippen molar-refractivity contribution in [3.63, 3.8) is 0 Å². The van der Waals surface area contributed by atoms with Gasteiger partial charge in [-0.05, 0) is 13.0 Å². The van der Waals surface area contributed by atoms with E-state index in [0.29, 0.717) is 22.2 Å². The first-order valence-corrected chi connectivity index (χ1v) is 6.42. The van der Waals surface area contributed by atoms with Gasteiger partial charge in [0.25, 0.3) is 0 Å². The number of carboxylic acids is 1. The van der Waals surface area contributed by atoms with Crippen LogP contribution < -0.4 is 0 Å². The molecule has 3 rings (SSSR count). The number of hydrogen-bond donors (Lipinski definition) is 1. The molecule has 0 spiro atoms. The lowest BCUT2D eigenvalue weighted by Crippen LogP contribution is -2.02. The van der Waals surface area contributed by atoms with E-state index in [9.17, 15) is 14.3 Å². The number of para-hydroxylation sites is 1. The highest BCUT2D eigenvalue weighted by Crippen LogP contribution is 2.36. The number of hydrogen-bond acceptors (Lipinski definition) is 2. The second kappa shape index (κ2) is 4.44. The first-order chi connectivity index (χ1) is 9.93. The van der Waals surface area contributed by atoms with Gasteiger partial charge in [0, 0.05) is 30.7 Å². The number of fused-ring (bicyclic) bond motifs is 1. The molecule has 0 atom stereocenters. The molecule has 0 aliphatic heterocycles. The van der Waals surface area contributed by atoms with Gasteiger partial charge < -0.3 is 9.67 Å². The number of aromatic nitrogens is 3. The summed E-state index contributed by atoms with van der Waals surface area (Å²) in [6.45, 7) is 1.84. The molecule has 0 aliphatic rings. The fourth-order valence-electron chi connectivity index (χ4n) is 2.78. The Balaban J connectivity index is 2.47. The van der Waals surface area contributed by atoms with Crippen LogP contribution in [0.15, 0.2) is 24.4 Å².